The summed E-state index contributed by atoms with van der Waals surface area (Å²) >= 11 is 0. The molecule has 144 valence electrons. The number of carbonyl (C=O) groups excluding carboxylic acids is 1. The summed E-state index contributed by atoms with van der Waals surface area (Å²) in [4.78, 5) is 27.0. The molecular formula is C20H32N4O2. The molecule has 2 rings (SSSR count). The van der Waals surface area contributed by atoms with Crippen LogP contribution in [0.5, 0.6) is 0 Å². The Morgan fingerprint density at radius 1 is 1.19 bits per heavy atom. The fourth-order valence-corrected chi connectivity index (χ4v) is 2.88. The van der Waals surface area contributed by atoms with Gasteiger partial charge in [0.05, 0.1) is 6.42 Å². The summed E-state index contributed by atoms with van der Waals surface area (Å²) in [7, 11) is 7.65. The van der Waals surface area contributed by atoms with Crippen LogP contribution >= 0.6 is 0 Å². The number of hydrogen-bond acceptors (Lipinski definition) is 5. The number of hydroxylamine groups is 2. The Hall–Kier alpha value is -1.92. The molecule has 1 amide bonds. The van der Waals surface area contributed by atoms with Gasteiger partial charge in [-0.05, 0) is 32.5 Å². The van der Waals surface area contributed by atoms with E-state index in [9.17, 15) is 4.79 Å². The Bertz CT molecular complexity index is 654. The van der Waals surface area contributed by atoms with Crippen molar-refractivity contribution in [1.29, 1.82) is 0 Å². The molecule has 0 aliphatic carbocycles. The van der Waals surface area contributed by atoms with Gasteiger partial charge in [-0.25, -0.2) is 14.9 Å². The molecular weight excluding hydrogens is 328 g/mol. The van der Waals surface area contributed by atoms with Gasteiger partial charge >= 0.3 is 0 Å². The number of carbonyl (C=O) groups is 1. The molecule has 0 fully saturated rings. The molecule has 26 heavy (non-hydrogen) atoms. The maximum atomic E-state index is 12.5. The van der Waals surface area contributed by atoms with Crippen molar-refractivity contribution in [3.63, 3.8) is 0 Å². The van der Waals surface area contributed by atoms with E-state index in [0.717, 1.165) is 17.9 Å². The molecule has 1 unspecified atom stereocenters. The van der Waals surface area contributed by atoms with Crippen molar-refractivity contribution >= 4 is 11.7 Å². The second-order valence-electron chi connectivity index (χ2n) is 7.77. The smallest absolute Gasteiger partial charge is 0.227 e. The Morgan fingerprint density at radius 3 is 2.35 bits per heavy atom. The predicted octanol–water partition coefficient (Wildman–Crippen LogP) is 2.56. The molecule has 1 heterocycles. The number of hydrogen-bond donors (Lipinski definition) is 0. The normalized spacial score (nSPS) is 20.0. The molecule has 0 aromatic heterocycles. The molecule has 0 saturated carbocycles. The third-order valence-corrected chi connectivity index (χ3v) is 4.60. The van der Waals surface area contributed by atoms with Gasteiger partial charge in [-0.2, -0.15) is 0 Å². The van der Waals surface area contributed by atoms with E-state index in [4.69, 9.17) is 9.83 Å². The van der Waals surface area contributed by atoms with Crippen LogP contribution in [0.3, 0.4) is 0 Å². The zero-order valence-electron chi connectivity index (χ0n) is 17.1. The maximum absolute atomic E-state index is 12.5. The molecule has 0 saturated heterocycles. The third kappa shape index (κ3) is 5.05. The Labute approximate surface area is 157 Å². The topological polar surface area (TPSA) is 48.4 Å². The number of amides is 1. The van der Waals surface area contributed by atoms with Crippen LogP contribution in [0.1, 0.15) is 44.2 Å². The van der Waals surface area contributed by atoms with E-state index in [1.165, 1.54) is 5.56 Å². The highest BCUT2D eigenvalue weighted by Gasteiger charge is 2.38. The van der Waals surface area contributed by atoms with Gasteiger partial charge in [0.2, 0.25) is 5.91 Å². The van der Waals surface area contributed by atoms with Crippen molar-refractivity contribution in [2.45, 2.75) is 38.8 Å². The van der Waals surface area contributed by atoms with Crippen molar-refractivity contribution in [3.8, 4) is 0 Å². The Balaban J connectivity index is 2.09. The molecule has 1 aromatic carbocycles. The van der Waals surface area contributed by atoms with Gasteiger partial charge in [0, 0.05) is 32.7 Å². The quantitative estimate of drug-likeness (QED) is 0.750. The highest BCUT2D eigenvalue weighted by Crippen LogP contribution is 2.29. The maximum Gasteiger partial charge on any atom is 0.227 e. The van der Waals surface area contributed by atoms with E-state index in [-0.39, 0.29) is 12.3 Å². The van der Waals surface area contributed by atoms with Gasteiger partial charge in [-0.15, -0.1) is 0 Å². The lowest BCUT2D eigenvalue weighted by molar-refractivity contribution is -0.170. The van der Waals surface area contributed by atoms with Crippen LogP contribution in [0.2, 0.25) is 0 Å². The predicted molar refractivity (Wildman–Crippen MR) is 105 cm³/mol. The van der Waals surface area contributed by atoms with Gasteiger partial charge in [0.25, 0.3) is 0 Å². The van der Waals surface area contributed by atoms with E-state index in [1.54, 1.807) is 9.96 Å². The second kappa shape index (κ2) is 8.18. The summed E-state index contributed by atoms with van der Waals surface area (Å²) in [5.74, 6) is 1.28. The summed E-state index contributed by atoms with van der Waals surface area (Å²) in [6.45, 7) is 7.72. The fourth-order valence-electron chi connectivity index (χ4n) is 2.88. The molecule has 0 radical (unpaired) electrons. The largest absolute Gasteiger partial charge is 0.344 e. The lowest BCUT2D eigenvalue weighted by atomic mass is 10.0. The monoisotopic (exact) mass is 360 g/mol. The summed E-state index contributed by atoms with van der Waals surface area (Å²) in [6, 6.07) is 8.36. The zero-order chi connectivity index (χ0) is 19.5. The highest BCUT2D eigenvalue weighted by molar-refractivity contribution is 5.99. The van der Waals surface area contributed by atoms with Crippen molar-refractivity contribution in [2.75, 3.05) is 41.3 Å². The average molecular weight is 361 g/mol. The highest BCUT2D eigenvalue weighted by atomic mass is 16.7. The first kappa shape index (κ1) is 20.4. The Kier molecular flexibility index (Phi) is 6.42. The number of benzene rings is 1. The van der Waals surface area contributed by atoms with Gasteiger partial charge in [-0.1, -0.05) is 38.1 Å². The minimum absolute atomic E-state index is 0.0305. The number of rotatable bonds is 7. The van der Waals surface area contributed by atoms with Crippen LogP contribution < -0.4 is 0 Å². The van der Waals surface area contributed by atoms with Gasteiger partial charge in [-0.3, -0.25) is 4.79 Å². The van der Waals surface area contributed by atoms with E-state index in [1.807, 2.05) is 35.1 Å². The average Bonchev–Trinajstić information content (AvgIpc) is 2.86. The standard InChI is InChI=1S/C20H32N4O2/c1-15(2)16-8-10-17(11-9-16)19-21-20(3,26-24(19)7)14-18(25)23(6)13-12-22(4)5/h8-11,15H,12-14H2,1-7H3. The second-order valence-corrected chi connectivity index (χ2v) is 7.77. The summed E-state index contributed by atoms with van der Waals surface area (Å²) in [5, 5.41) is 1.66. The molecule has 1 atom stereocenters. The van der Waals surface area contributed by atoms with Crippen LogP contribution in [0.15, 0.2) is 29.3 Å². The van der Waals surface area contributed by atoms with E-state index < -0.39 is 5.72 Å². The van der Waals surface area contributed by atoms with Gasteiger partial charge in [0.15, 0.2) is 11.6 Å². The fraction of sp³-hybridized carbons (Fsp3) is 0.600. The minimum Gasteiger partial charge on any atom is -0.344 e. The summed E-state index contributed by atoms with van der Waals surface area (Å²) in [5.41, 5.74) is 1.41. The molecule has 1 aromatic rings. The number of amidine groups is 1. The zero-order valence-corrected chi connectivity index (χ0v) is 17.1. The molecule has 0 bridgehead atoms. The van der Waals surface area contributed by atoms with Crippen LogP contribution in [0.4, 0.5) is 0 Å². The lowest BCUT2D eigenvalue weighted by Gasteiger charge is -2.25. The van der Waals surface area contributed by atoms with E-state index in [0.29, 0.717) is 12.5 Å². The number of nitrogens with zero attached hydrogens (tertiary/aromatic N) is 4. The van der Waals surface area contributed by atoms with Crippen LogP contribution in [0, 0.1) is 0 Å². The first-order valence-corrected chi connectivity index (χ1v) is 9.13. The molecule has 6 heteroatoms. The molecule has 6 nitrogen and oxygen atoms in total. The van der Waals surface area contributed by atoms with Crippen LogP contribution in [0.25, 0.3) is 0 Å². The van der Waals surface area contributed by atoms with Crippen molar-refractivity contribution in [3.05, 3.63) is 35.4 Å². The summed E-state index contributed by atoms with van der Waals surface area (Å²) < 4.78 is 0. The Morgan fingerprint density at radius 2 is 1.81 bits per heavy atom. The van der Waals surface area contributed by atoms with Gasteiger partial charge < -0.3 is 9.80 Å². The lowest BCUT2D eigenvalue weighted by Crippen LogP contribution is -2.39. The third-order valence-electron chi connectivity index (χ3n) is 4.60. The van der Waals surface area contributed by atoms with Crippen molar-refractivity contribution in [1.82, 2.24) is 14.9 Å². The first-order valence-electron chi connectivity index (χ1n) is 9.13. The van der Waals surface area contributed by atoms with Gasteiger partial charge in [0.1, 0.15) is 0 Å². The van der Waals surface area contributed by atoms with Crippen LogP contribution in [-0.2, 0) is 9.63 Å². The SMILES string of the molecule is CC(C)c1ccc(C2=NC(C)(CC(=O)N(C)CCN(C)C)ON2C)cc1. The van der Waals surface area contributed by atoms with E-state index in [2.05, 4.69) is 43.0 Å². The summed E-state index contributed by atoms with van der Waals surface area (Å²) in [6.07, 6.45) is 0.217. The van der Waals surface area contributed by atoms with Crippen molar-refractivity contribution < 1.29 is 9.63 Å². The molecule has 1 aliphatic heterocycles. The van der Waals surface area contributed by atoms with Crippen molar-refractivity contribution in [2.24, 2.45) is 4.99 Å². The number of likely N-dealkylation sites (N-methyl/N-ethyl adjacent to an activating group) is 2. The van der Waals surface area contributed by atoms with E-state index >= 15 is 0 Å². The van der Waals surface area contributed by atoms with Crippen LogP contribution in [-0.4, -0.2) is 73.6 Å². The minimum atomic E-state index is -0.871. The number of aliphatic imine (C=N–C) groups is 1. The molecule has 0 spiro atoms. The molecule has 1 aliphatic rings. The first-order chi connectivity index (χ1) is 12.1. The molecule has 0 N–H and O–H groups in total.